The van der Waals surface area contributed by atoms with Crippen molar-refractivity contribution < 1.29 is 52.4 Å². The van der Waals surface area contributed by atoms with Crippen molar-refractivity contribution in [3.63, 3.8) is 0 Å². The molecule has 1 amide bonds. The number of amides is 1. The van der Waals surface area contributed by atoms with Crippen LogP contribution in [0.2, 0.25) is 0 Å². The Labute approximate surface area is 394 Å². The third-order valence-corrected chi connectivity index (χ3v) is 14.1. The van der Waals surface area contributed by atoms with Gasteiger partial charge < -0.3 is 37.9 Å². The number of esters is 2. The van der Waals surface area contributed by atoms with E-state index in [1.165, 1.54) is 20.1 Å². The van der Waals surface area contributed by atoms with Gasteiger partial charge in [-0.25, -0.2) is 14.6 Å². The summed E-state index contributed by atoms with van der Waals surface area (Å²) in [6.07, 6.45) is 5.24. The number of Topliss-reactive ketones (excluding diaryl/α,β-unsaturated/α-hetero) is 2. The number of rotatable bonds is 14. The number of unbranched alkanes of at least 4 members (excludes halogenated alkanes) is 1. The molecule has 0 spiro atoms. The lowest BCUT2D eigenvalue weighted by molar-refractivity contribution is -0.294. The third kappa shape index (κ3) is 10.9. The minimum absolute atomic E-state index is 0.0629. The highest BCUT2D eigenvalue weighted by Gasteiger charge is 2.61. The standard InChI is InChI=1S/C51H69N5O11/c1-12-40-51(13-2)44(56(49(61)67-51)25-18-17-24-55-29-38(53-30-55)37-22-19-23-52-28-37)33(5)41(57)31(3)27-50(8,62-11)45(34(6)42(58)35(7)46(59)64-40)66-48-43(39(54(9)10)26-32(4)63-48)65-47(60)36-20-15-14-16-21-36/h13-16,19-23,28-35,39-40,43-45,48H,2,12,17-18,24-27H2,1,3-11H3/t31-,32-,33+,34+,35-,39+,40-,43-,44-,45-,48?,50+,51-/m1/s1. The van der Waals surface area contributed by atoms with Gasteiger partial charge in [-0.05, 0) is 97.3 Å². The molecule has 2 aromatic heterocycles. The average molecular weight is 928 g/mol. The number of pyridine rings is 1. The van der Waals surface area contributed by atoms with Gasteiger partial charge in [0.25, 0.3) is 0 Å². The van der Waals surface area contributed by atoms with Gasteiger partial charge in [0, 0.05) is 62.1 Å². The Kier molecular flexibility index (Phi) is 16.6. The number of aromatic nitrogens is 3. The van der Waals surface area contributed by atoms with Gasteiger partial charge in [0.2, 0.25) is 0 Å². The summed E-state index contributed by atoms with van der Waals surface area (Å²) in [6, 6.07) is 11.1. The Morgan fingerprint density at radius 2 is 1.70 bits per heavy atom. The summed E-state index contributed by atoms with van der Waals surface area (Å²) in [5.41, 5.74) is -0.948. The van der Waals surface area contributed by atoms with Crippen molar-refractivity contribution >= 4 is 29.6 Å². The molecule has 3 aliphatic rings. The number of ether oxygens (including phenoxy) is 6. The van der Waals surface area contributed by atoms with E-state index in [1.807, 2.05) is 48.8 Å². The minimum atomic E-state index is -1.63. The zero-order chi connectivity index (χ0) is 48.8. The summed E-state index contributed by atoms with van der Waals surface area (Å²) < 4.78 is 40.3. The summed E-state index contributed by atoms with van der Waals surface area (Å²) in [6.45, 7) is 17.1. The predicted molar refractivity (Wildman–Crippen MR) is 248 cm³/mol. The molecule has 0 radical (unpaired) electrons. The first kappa shape index (κ1) is 51.1. The number of benzene rings is 1. The molecule has 67 heavy (non-hydrogen) atoms. The number of carbonyl (C=O) groups is 5. The van der Waals surface area contributed by atoms with Gasteiger partial charge in [0.1, 0.15) is 17.8 Å². The summed E-state index contributed by atoms with van der Waals surface area (Å²) >= 11 is 0. The van der Waals surface area contributed by atoms with Crippen LogP contribution in [0.4, 0.5) is 4.79 Å². The predicted octanol–water partition coefficient (Wildman–Crippen LogP) is 6.96. The van der Waals surface area contributed by atoms with Crippen LogP contribution in [0.25, 0.3) is 11.3 Å². The fraction of sp³-hybridized carbons (Fsp3) is 0.588. The van der Waals surface area contributed by atoms with Crippen LogP contribution in [-0.4, -0.2) is 136 Å². The van der Waals surface area contributed by atoms with Crippen LogP contribution in [0.15, 0.2) is 80.0 Å². The number of cyclic esters (lactones) is 1. The summed E-state index contributed by atoms with van der Waals surface area (Å²) in [5.74, 6) is -6.05. The molecule has 5 heterocycles. The lowest BCUT2D eigenvalue weighted by atomic mass is 9.72. The second kappa shape index (κ2) is 21.8. The Bertz CT molecular complexity index is 2200. The summed E-state index contributed by atoms with van der Waals surface area (Å²) in [7, 11) is 5.25. The van der Waals surface area contributed by atoms with Gasteiger partial charge in [-0.15, -0.1) is 0 Å². The molecule has 3 fully saturated rings. The van der Waals surface area contributed by atoms with E-state index in [0.29, 0.717) is 31.4 Å². The highest BCUT2D eigenvalue weighted by atomic mass is 16.7. The SMILES string of the molecule is C=C[C@]12OC(=O)N(CCCCn3cnc(-c4cccnc4)c3)[C@@H]1[C@@H](C)C(=O)[C@H](C)C[C@](C)(OC)[C@H](OC1O[C@H](C)C[C@H](N(C)C)[C@H]1OC(=O)c1ccccc1)[C@@H](C)C(=O)[C@@H](C)C(=O)O[C@@H]2CC. The number of nitrogens with zero attached hydrogens (tertiary/aromatic N) is 5. The molecule has 3 aromatic rings. The summed E-state index contributed by atoms with van der Waals surface area (Å²) in [4.78, 5) is 84.0. The van der Waals surface area contributed by atoms with E-state index in [-0.39, 0.29) is 37.3 Å². The van der Waals surface area contributed by atoms with E-state index in [1.54, 1.807) is 88.6 Å². The maximum absolute atomic E-state index is 15.0. The molecule has 6 rings (SSSR count). The quantitative estimate of drug-likeness (QED) is 0.0533. The molecule has 0 aliphatic carbocycles. The van der Waals surface area contributed by atoms with Crippen LogP contribution in [0.3, 0.4) is 0 Å². The molecule has 0 saturated carbocycles. The van der Waals surface area contributed by atoms with Crippen LogP contribution < -0.4 is 0 Å². The molecule has 0 N–H and O–H groups in total. The molecule has 3 aliphatic heterocycles. The molecule has 16 heteroatoms. The normalized spacial score (nSPS) is 33.1. The van der Waals surface area contributed by atoms with Crippen molar-refractivity contribution in [2.24, 2.45) is 23.7 Å². The highest BCUT2D eigenvalue weighted by molar-refractivity contribution is 6.00. The number of likely N-dealkylation sites (N-methyl/N-ethyl adjacent to an activating group) is 1. The van der Waals surface area contributed by atoms with Gasteiger partial charge in [-0.1, -0.05) is 52.5 Å². The van der Waals surface area contributed by atoms with Gasteiger partial charge in [-0.3, -0.25) is 24.3 Å². The first-order valence-corrected chi connectivity index (χ1v) is 23.5. The fourth-order valence-corrected chi connectivity index (χ4v) is 10.3. The topological polar surface area (TPSA) is 178 Å². The zero-order valence-corrected chi connectivity index (χ0v) is 40.7. The van der Waals surface area contributed by atoms with Gasteiger partial charge in [-0.2, -0.15) is 0 Å². The molecule has 13 atom stereocenters. The van der Waals surface area contributed by atoms with Crippen LogP contribution in [0.5, 0.6) is 0 Å². The number of imidazole rings is 1. The number of ketones is 2. The van der Waals surface area contributed by atoms with Crippen molar-refractivity contribution in [3.8, 4) is 11.3 Å². The number of hydrogen-bond donors (Lipinski definition) is 0. The second-order valence-electron chi connectivity index (χ2n) is 18.9. The van der Waals surface area contributed by atoms with E-state index in [2.05, 4.69) is 16.5 Å². The van der Waals surface area contributed by atoms with Crippen molar-refractivity contribution in [2.75, 3.05) is 27.7 Å². The maximum Gasteiger partial charge on any atom is 0.411 e. The largest absolute Gasteiger partial charge is 0.457 e. The monoisotopic (exact) mass is 927 g/mol. The molecular formula is C51H69N5O11. The third-order valence-electron chi connectivity index (χ3n) is 14.1. The number of aryl methyl sites for hydroxylation is 1. The first-order valence-electron chi connectivity index (χ1n) is 23.5. The van der Waals surface area contributed by atoms with Crippen LogP contribution in [0, 0.1) is 23.7 Å². The van der Waals surface area contributed by atoms with E-state index in [4.69, 9.17) is 28.4 Å². The van der Waals surface area contributed by atoms with Gasteiger partial charge in [0.15, 0.2) is 23.8 Å². The zero-order valence-electron chi connectivity index (χ0n) is 40.7. The molecule has 16 nitrogen and oxygen atoms in total. The van der Waals surface area contributed by atoms with Crippen molar-refractivity contribution in [1.29, 1.82) is 0 Å². The van der Waals surface area contributed by atoms with Crippen LogP contribution >= 0.6 is 0 Å². The van der Waals surface area contributed by atoms with Crippen LogP contribution in [0.1, 0.15) is 90.9 Å². The van der Waals surface area contributed by atoms with E-state index < -0.39 is 89.3 Å². The number of carbonyl (C=O) groups excluding carboxylic acids is 5. The lowest BCUT2D eigenvalue weighted by Gasteiger charge is -2.47. The number of methoxy groups -OCH3 is 1. The molecule has 1 aromatic carbocycles. The smallest absolute Gasteiger partial charge is 0.411 e. The number of hydrogen-bond acceptors (Lipinski definition) is 14. The number of fused-ring (bicyclic) bond motifs is 1. The lowest BCUT2D eigenvalue weighted by Crippen LogP contribution is -2.61. The molecule has 364 valence electrons. The van der Waals surface area contributed by atoms with E-state index in [9.17, 15) is 19.2 Å². The Hall–Kier alpha value is -5.29. The Morgan fingerprint density at radius 1 is 0.985 bits per heavy atom. The maximum atomic E-state index is 15.0. The minimum Gasteiger partial charge on any atom is -0.457 e. The van der Waals surface area contributed by atoms with Crippen molar-refractivity contribution in [1.82, 2.24) is 24.3 Å². The van der Waals surface area contributed by atoms with Crippen molar-refractivity contribution in [3.05, 3.63) is 85.6 Å². The average Bonchev–Trinajstić information content (AvgIpc) is 3.92. The first-order chi connectivity index (χ1) is 31.9. The van der Waals surface area contributed by atoms with E-state index >= 15 is 4.79 Å². The Balaban J connectivity index is 1.32. The molecule has 0 bridgehead atoms. The highest BCUT2D eigenvalue weighted by Crippen LogP contribution is 2.44. The Morgan fingerprint density at radius 3 is 2.34 bits per heavy atom. The van der Waals surface area contributed by atoms with Gasteiger partial charge >= 0.3 is 18.0 Å². The van der Waals surface area contributed by atoms with E-state index in [0.717, 1.165) is 11.3 Å². The van der Waals surface area contributed by atoms with Gasteiger partial charge in [0.05, 0.1) is 47.5 Å². The molecular weight excluding hydrogens is 859 g/mol. The fourth-order valence-electron chi connectivity index (χ4n) is 10.3. The molecule has 3 saturated heterocycles. The van der Waals surface area contributed by atoms with Crippen molar-refractivity contribution in [2.45, 2.75) is 141 Å². The second-order valence-corrected chi connectivity index (χ2v) is 18.9. The summed E-state index contributed by atoms with van der Waals surface area (Å²) in [5, 5.41) is 0. The van der Waals surface area contributed by atoms with Crippen LogP contribution in [-0.2, 0) is 49.3 Å². The molecule has 1 unspecified atom stereocenters.